The van der Waals surface area contributed by atoms with E-state index in [1.165, 1.54) is 12.1 Å². The van der Waals surface area contributed by atoms with E-state index in [-0.39, 0.29) is 11.9 Å². The van der Waals surface area contributed by atoms with Gasteiger partial charge in [-0.3, -0.25) is 0 Å². The number of halogens is 1. The van der Waals surface area contributed by atoms with Crippen LogP contribution in [0.25, 0.3) is 0 Å². The third-order valence-electron chi connectivity index (χ3n) is 2.99. The summed E-state index contributed by atoms with van der Waals surface area (Å²) in [5, 5.41) is 3.36. The highest BCUT2D eigenvalue weighted by atomic mass is 19.1. The SMILES string of the molecule is CC(C)Cn1ccnc1NC(C)c1ccc(F)cc1. The lowest BCUT2D eigenvalue weighted by Gasteiger charge is -2.17. The van der Waals surface area contributed by atoms with E-state index in [0.717, 1.165) is 18.1 Å². The Morgan fingerprint density at radius 2 is 1.89 bits per heavy atom. The van der Waals surface area contributed by atoms with E-state index < -0.39 is 0 Å². The van der Waals surface area contributed by atoms with E-state index >= 15 is 0 Å². The molecule has 0 saturated carbocycles. The van der Waals surface area contributed by atoms with Crippen LogP contribution in [0.2, 0.25) is 0 Å². The minimum atomic E-state index is -0.211. The first-order chi connectivity index (χ1) is 9.06. The van der Waals surface area contributed by atoms with Crippen LogP contribution in [0, 0.1) is 11.7 Å². The summed E-state index contributed by atoms with van der Waals surface area (Å²) in [6.45, 7) is 7.32. The summed E-state index contributed by atoms with van der Waals surface area (Å²) in [6.07, 6.45) is 3.77. The Morgan fingerprint density at radius 3 is 2.53 bits per heavy atom. The maximum atomic E-state index is 12.9. The van der Waals surface area contributed by atoms with Gasteiger partial charge in [0.15, 0.2) is 0 Å². The summed E-state index contributed by atoms with van der Waals surface area (Å²) >= 11 is 0. The molecule has 1 aromatic carbocycles. The Kier molecular flexibility index (Phi) is 4.20. The van der Waals surface area contributed by atoms with Gasteiger partial charge in [-0.1, -0.05) is 26.0 Å². The summed E-state index contributed by atoms with van der Waals surface area (Å²) < 4.78 is 15.0. The molecule has 0 aliphatic carbocycles. The summed E-state index contributed by atoms with van der Waals surface area (Å²) in [7, 11) is 0. The molecule has 0 radical (unpaired) electrons. The van der Waals surface area contributed by atoms with Gasteiger partial charge in [0.25, 0.3) is 0 Å². The number of imidazole rings is 1. The topological polar surface area (TPSA) is 29.9 Å². The molecule has 0 aliphatic rings. The van der Waals surface area contributed by atoms with Crippen LogP contribution >= 0.6 is 0 Å². The average molecular weight is 261 g/mol. The minimum Gasteiger partial charge on any atom is -0.349 e. The number of hydrogen-bond donors (Lipinski definition) is 1. The third-order valence-corrected chi connectivity index (χ3v) is 2.99. The van der Waals surface area contributed by atoms with Crippen LogP contribution in [0.4, 0.5) is 10.3 Å². The van der Waals surface area contributed by atoms with E-state index in [0.29, 0.717) is 5.92 Å². The molecule has 1 heterocycles. The number of rotatable bonds is 5. The highest BCUT2D eigenvalue weighted by Crippen LogP contribution is 2.19. The van der Waals surface area contributed by atoms with Crippen molar-refractivity contribution in [3.8, 4) is 0 Å². The van der Waals surface area contributed by atoms with Gasteiger partial charge in [-0.2, -0.15) is 0 Å². The van der Waals surface area contributed by atoms with Crippen LogP contribution < -0.4 is 5.32 Å². The van der Waals surface area contributed by atoms with E-state index in [1.54, 1.807) is 18.3 Å². The number of nitrogens with zero attached hydrogens (tertiary/aromatic N) is 2. The van der Waals surface area contributed by atoms with Gasteiger partial charge < -0.3 is 9.88 Å². The molecule has 0 spiro atoms. The Morgan fingerprint density at radius 1 is 1.21 bits per heavy atom. The molecule has 2 aromatic rings. The van der Waals surface area contributed by atoms with E-state index in [1.807, 2.05) is 13.1 Å². The minimum absolute atomic E-state index is 0.0916. The van der Waals surface area contributed by atoms with E-state index in [4.69, 9.17) is 0 Å². The summed E-state index contributed by atoms with van der Waals surface area (Å²) in [5.74, 6) is 1.21. The zero-order valence-electron chi connectivity index (χ0n) is 11.6. The smallest absolute Gasteiger partial charge is 0.203 e. The molecule has 4 heteroatoms. The quantitative estimate of drug-likeness (QED) is 0.886. The zero-order valence-corrected chi connectivity index (χ0v) is 11.6. The molecular formula is C15H20FN3. The first-order valence-electron chi connectivity index (χ1n) is 6.59. The summed E-state index contributed by atoms with van der Waals surface area (Å²) in [4.78, 5) is 4.33. The molecule has 0 aliphatic heterocycles. The van der Waals surface area contributed by atoms with Crippen molar-refractivity contribution < 1.29 is 4.39 Å². The van der Waals surface area contributed by atoms with Crippen LogP contribution in [0.3, 0.4) is 0 Å². The van der Waals surface area contributed by atoms with Crippen LogP contribution in [0.15, 0.2) is 36.7 Å². The molecule has 1 N–H and O–H groups in total. The van der Waals surface area contributed by atoms with Crippen molar-refractivity contribution in [3.63, 3.8) is 0 Å². The average Bonchev–Trinajstić information content (AvgIpc) is 2.76. The van der Waals surface area contributed by atoms with E-state index in [2.05, 4.69) is 28.7 Å². The highest BCUT2D eigenvalue weighted by Gasteiger charge is 2.10. The second kappa shape index (κ2) is 5.87. The van der Waals surface area contributed by atoms with Gasteiger partial charge in [0.1, 0.15) is 5.82 Å². The zero-order chi connectivity index (χ0) is 13.8. The molecule has 0 bridgehead atoms. The van der Waals surface area contributed by atoms with Crippen molar-refractivity contribution >= 4 is 5.95 Å². The van der Waals surface area contributed by atoms with Gasteiger partial charge >= 0.3 is 0 Å². The number of anilines is 1. The van der Waals surface area contributed by atoms with Gasteiger partial charge in [-0.05, 0) is 30.5 Å². The van der Waals surface area contributed by atoms with Gasteiger partial charge in [0.2, 0.25) is 5.95 Å². The Labute approximate surface area is 113 Å². The van der Waals surface area contributed by atoms with Crippen LogP contribution in [0.1, 0.15) is 32.4 Å². The maximum absolute atomic E-state index is 12.9. The molecular weight excluding hydrogens is 241 g/mol. The van der Waals surface area contributed by atoms with Crippen LogP contribution in [0.5, 0.6) is 0 Å². The van der Waals surface area contributed by atoms with Crippen molar-refractivity contribution in [1.82, 2.24) is 9.55 Å². The molecule has 0 fully saturated rings. The second-order valence-corrected chi connectivity index (χ2v) is 5.21. The lowest BCUT2D eigenvalue weighted by Crippen LogP contribution is -2.13. The van der Waals surface area contributed by atoms with Gasteiger partial charge in [-0.25, -0.2) is 9.37 Å². The molecule has 1 aromatic heterocycles. The lowest BCUT2D eigenvalue weighted by atomic mass is 10.1. The Balaban J connectivity index is 2.08. The molecule has 102 valence electrons. The fourth-order valence-electron chi connectivity index (χ4n) is 2.02. The maximum Gasteiger partial charge on any atom is 0.203 e. The standard InChI is InChI=1S/C15H20FN3/c1-11(2)10-19-9-8-17-15(19)18-12(3)13-4-6-14(16)7-5-13/h4-9,11-12H,10H2,1-3H3,(H,17,18). The number of aromatic nitrogens is 2. The van der Waals surface area contributed by atoms with Crippen molar-refractivity contribution in [2.24, 2.45) is 5.92 Å². The van der Waals surface area contributed by atoms with Crippen LogP contribution in [-0.2, 0) is 6.54 Å². The van der Waals surface area contributed by atoms with E-state index in [9.17, 15) is 4.39 Å². The number of benzene rings is 1. The van der Waals surface area contributed by atoms with Gasteiger partial charge in [-0.15, -0.1) is 0 Å². The normalized spacial score (nSPS) is 12.7. The van der Waals surface area contributed by atoms with Crippen molar-refractivity contribution in [1.29, 1.82) is 0 Å². The van der Waals surface area contributed by atoms with Crippen molar-refractivity contribution in [2.75, 3.05) is 5.32 Å². The first-order valence-corrected chi connectivity index (χ1v) is 6.59. The largest absolute Gasteiger partial charge is 0.349 e. The molecule has 2 rings (SSSR count). The molecule has 1 unspecified atom stereocenters. The summed E-state index contributed by atoms with van der Waals surface area (Å²) in [5.41, 5.74) is 1.04. The predicted octanol–water partition coefficient (Wildman–Crippen LogP) is 3.85. The number of hydrogen-bond acceptors (Lipinski definition) is 2. The lowest BCUT2D eigenvalue weighted by molar-refractivity contribution is 0.524. The first kappa shape index (κ1) is 13.6. The van der Waals surface area contributed by atoms with Gasteiger partial charge in [0.05, 0.1) is 6.04 Å². The molecule has 0 amide bonds. The fraction of sp³-hybridized carbons (Fsp3) is 0.400. The highest BCUT2D eigenvalue weighted by molar-refractivity contribution is 5.32. The second-order valence-electron chi connectivity index (χ2n) is 5.21. The Bertz CT molecular complexity index is 516. The molecule has 1 atom stereocenters. The Hall–Kier alpha value is -1.84. The molecule has 19 heavy (non-hydrogen) atoms. The monoisotopic (exact) mass is 261 g/mol. The van der Waals surface area contributed by atoms with Crippen LogP contribution in [-0.4, -0.2) is 9.55 Å². The van der Waals surface area contributed by atoms with Crippen molar-refractivity contribution in [3.05, 3.63) is 48.0 Å². The third kappa shape index (κ3) is 3.56. The predicted molar refractivity (Wildman–Crippen MR) is 75.5 cm³/mol. The molecule has 0 saturated heterocycles. The van der Waals surface area contributed by atoms with Gasteiger partial charge in [0, 0.05) is 18.9 Å². The molecule has 3 nitrogen and oxygen atoms in total. The summed E-state index contributed by atoms with van der Waals surface area (Å²) in [6, 6.07) is 6.64. The number of nitrogens with one attached hydrogen (secondary N) is 1. The van der Waals surface area contributed by atoms with Crippen molar-refractivity contribution in [2.45, 2.75) is 33.4 Å². The fourth-order valence-corrected chi connectivity index (χ4v) is 2.02.